The Kier molecular flexibility index (Phi) is 5.81. The molecule has 0 saturated heterocycles. The number of thiocarbonyl (C=S) groups is 1. The lowest BCUT2D eigenvalue weighted by Crippen LogP contribution is -2.43. The van der Waals surface area contributed by atoms with Crippen molar-refractivity contribution in [1.29, 1.82) is 0 Å². The van der Waals surface area contributed by atoms with E-state index in [-0.39, 0.29) is 5.97 Å². The van der Waals surface area contributed by atoms with Gasteiger partial charge in [-0.25, -0.2) is 4.79 Å². The fraction of sp³-hybridized carbons (Fsp3) is 0.625. The van der Waals surface area contributed by atoms with Gasteiger partial charge < -0.3 is 15.4 Å². The molecule has 22 heavy (non-hydrogen) atoms. The topological polar surface area (TPSA) is 50.4 Å². The van der Waals surface area contributed by atoms with Crippen molar-refractivity contribution >= 4 is 39.6 Å². The number of hydrogen-bond acceptors (Lipinski definition) is 4. The van der Waals surface area contributed by atoms with Crippen LogP contribution in [-0.2, 0) is 4.74 Å². The van der Waals surface area contributed by atoms with Crippen molar-refractivity contribution in [2.75, 3.05) is 12.4 Å². The molecule has 4 nitrogen and oxygen atoms in total. The number of thiophene rings is 1. The third-order valence-corrected chi connectivity index (χ3v) is 5.77. The van der Waals surface area contributed by atoms with E-state index in [4.69, 9.17) is 17.0 Å². The fourth-order valence-corrected chi connectivity index (χ4v) is 4.27. The van der Waals surface area contributed by atoms with Gasteiger partial charge in [0, 0.05) is 10.9 Å². The summed E-state index contributed by atoms with van der Waals surface area (Å²) < 4.78 is 4.88. The summed E-state index contributed by atoms with van der Waals surface area (Å²) in [4.78, 5) is 13.1. The standard InChI is InChI=1S/C16H24N2O2S2/c1-9-7-5-6-8-12(9)17-16(21)18-14-13(15(19)20-4)10(2)11(3)22-14/h9,12H,5-8H2,1-4H3,(H2,17,18,21)/t9-,12-/m1/s1. The van der Waals surface area contributed by atoms with Crippen molar-refractivity contribution in [2.45, 2.75) is 52.5 Å². The molecule has 0 aromatic carbocycles. The first kappa shape index (κ1) is 17.2. The average molecular weight is 341 g/mol. The van der Waals surface area contributed by atoms with E-state index < -0.39 is 0 Å². The first-order chi connectivity index (χ1) is 10.4. The summed E-state index contributed by atoms with van der Waals surface area (Å²) in [6.07, 6.45) is 4.94. The van der Waals surface area contributed by atoms with E-state index in [1.807, 2.05) is 13.8 Å². The van der Waals surface area contributed by atoms with Crippen LogP contribution in [0.2, 0.25) is 0 Å². The van der Waals surface area contributed by atoms with Gasteiger partial charge in [0.25, 0.3) is 0 Å². The predicted octanol–water partition coefficient (Wildman–Crippen LogP) is 4.02. The summed E-state index contributed by atoms with van der Waals surface area (Å²) in [7, 11) is 1.40. The zero-order valence-electron chi connectivity index (χ0n) is 13.6. The van der Waals surface area contributed by atoms with Crippen LogP contribution in [0.1, 0.15) is 53.4 Å². The van der Waals surface area contributed by atoms with Crippen molar-refractivity contribution in [2.24, 2.45) is 5.92 Å². The molecule has 0 radical (unpaired) electrons. The SMILES string of the molecule is COC(=O)c1c(NC(=S)N[C@@H]2CCCC[C@H]2C)sc(C)c1C. The van der Waals surface area contributed by atoms with Crippen LogP contribution in [0.25, 0.3) is 0 Å². The van der Waals surface area contributed by atoms with Gasteiger partial charge in [-0.2, -0.15) is 0 Å². The Labute approximate surface area is 141 Å². The van der Waals surface area contributed by atoms with Gasteiger partial charge in [-0.15, -0.1) is 11.3 Å². The molecule has 0 bridgehead atoms. The number of carbonyl (C=O) groups excluding carboxylic acids is 1. The van der Waals surface area contributed by atoms with Gasteiger partial charge >= 0.3 is 5.97 Å². The van der Waals surface area contributed by atoms with Crippen LogP contribution >= 0.6 is 23.6 Å². The second kappa shape index (κ2) is 7.42. The maximum absolute atomic E-state index is 12.0. The normalized spacial score (nSPS) is 21.3. The van der Waals surface area contributed by atoms with Gasteiger partial charge in [-0.3, -0.25) is 0 Å². The molecule has 1 saturated carbocycles. The lowest BCUT2D eigenvalue weighted by Gasteiger charge is -2.30. The van der Waals surface area contributed by atoms with Gasteiger partial charge in [0.2, 0.25) is 0 Å². The number of methoxy groups -OCH3 is 1. The molecule has 122 valence electrons. The summed E-state index contributed by atoms with van der Waals surface area (Å²) in [6.45, 7) is 6.19. The average Bonchev–Trinajstić information content (AvgIpc) is 2.75. The van der Waals surface area contributed by atoms with E-state index in [1.165, 1.54) is 37.7 Å². The first-order valence-corrected chi connectivity index (χ1v) is 8.92. The monoisotopic (exact) mass is 340 g/mol. The summed E-state index contributed by atoms with van der Waals surface area (Å²) in [5.74, 6) is 0.304. The van der Waals surface area contributed by atoms with Gasteiger partial charge in [0.1, 0.15) is 5.00 Å². The highest BCUT2D eigenvalue weighted by Crippen LogP contribution is 2.33. The maximum atomic E-state index is 12.0. The van der Waals surface area contributed by atoms with Crippen LogP contribution in [-0.4, -0.2) is 24.2 Å². The minimum atomic E-state index is -0.321. The Morgan fingerprint density at radius 3 is 2.64 bits per heavy atom. The highest BCUT2D eigenvalue weighted by atomic mass is 32.1. The van der Waals surface area contributed by atoms with E-state index in [0.717, 1.165) is 21.9 Å². The zero-order chi connectivity index (χ0) is 16.3. The molecule has 1 aliphatic carbocycles. The Morgan fingerprint density at radius 2 is 2.00 bits per heavy atom. The molecular weight excluding hydrogens is 316 g/mol. The molecule has 2 N–H and O–H groups in total. The van der Waals surface area contributed by atoms with Gasteiger partial charge in [0.05, 0.1) is 12.7 Å². The quantitative estimate of drug-likeness (QED) is 0.643. The second-order valence-corrected chi connectivity index (χ2v) is 7.58. The second-order valence-electron chi connectivity index (χ2n) is 5.95. The van der Waals surface area contributed by atoms with E-state index in [1.54, 1.807) is 0 Å². The first-order valence-electron chi connectivity index (χ1n) is 7.69. The lowest BCUT2D eigenvalue weighted by atomic mass is 9.86. The van der Waals surface area contributed by atoms with E-state index >= 15 is 0 Å². The Hall–Kier alpha value is -1.14. The molecule has 1 fully saturated rings. The number of ether oxygens (including phenoxy) is 1. The van der Waals surface area contributed by atoms with Crippen LogP contribution in [0.15, 0.2) is 0 Å². The molecule has 1 aliphatic rings. The number of rotatable bonds is 3. The summed E-state index contributed by atoms with van der Waals surface area (Å²) in [5.41, 5.74) is 1.54. The molecule has 0 spiro atoms. The summed E-state index contributed by atoms with van der Waals surface area (Å²) in [5, 5.41) is 7.95. The zero-order valence-corrected chi connectivity index (χ0v) is 15.2. The number of anilines is 1. The molecule has 0 amide bonds. The minimum Gasteiger partial charge on any atom is -0.465 e. The molecule has 6 heteroatoms. The third-order valence-electron chi connectivity index (χ3n) is 4.43. The number of esters is 1. The highest BCUT2D eigenvalue weighted by Gasteiger charge is 2.24. The van der Waals surface area contributed by atoms with E-state index in [9.17, 15) is 4.79 Å². The Morgan fingerprint density at radius 1 is 1.32 bits per heavy atom. The van der Waals surface area contributed by atoms with Gasteiger partial charge in [0.15, 0.2) is 5.11 Å². The van der Waals surface area contributed by atoms with Crippen molar-refractivity contribution in [3.63, 3.8) is 0 Å². The molecule has 1 aromatic rings. The van der Waals surface area contributed by atoms with Crippen molar-refractivity contribution in [3.8, 4) is 0 Å². The molecule has 0 aliphatic heterocycles. The van der Waals surface area contributed by atoms with Gasteiger partial charge in [-0.1, -0.05) is 19.8 Å². The van der Waals surface area contributed by atoms with Gasteiger partial charge in [-0.05, 0) is 50.4 Å². The molecule has 2 rings (SSSR count). The maximum Gasteiger partial charge on any atom is 0.341 e. The number of hydrogen-bond donors (Lipinski definition) is 2. The van der Waals surface area contributed by atoms with E-state index in [2.05, 4.69) is 17.6 Å². The predicted molar refractivity (Wildman–Crippen MR) is 95.9 cm³/mol. The van der Waals surface area contributed by atoms with Crippen molar-refractivity contribution in [3.05, 3.63) is 16.0 Å². The molecule has 1 heterocycles. The van der Waals surface area contributed by atoms with Crippen LogP contribution in [0.3, 0.4) is 0 Å². The number of aryl methyl sites for hydroxylation is 1. The highest BCUT2D eigenvalue weighted by molar-refractivity contribution is 7.80. The Balaban J connectivity index is 2.08. The lowest BCUT2D eigenvalue weighted by molar-refractivity contribution is 0.0601. The summed E-state index contributed by atoms with van der Waals surface area (Å²) in [6, 6.07) is 0.414. The Bertz CT molecular complexity index is 569. The number of carbonyl (C=O) groups is 1. The number of nitrogens with one attached hydrogen (secondary N) is 2. The van der Waals surface area contributed by atoms with E-state index in [0.29, 0.717) is 22.6 Å². The largest absolute Gasteiger partial charge is 0.465 e. The minimum absolute atomic E-state index is 0.321. The summed E-state index contributed by atoms with van der Waals surface area (Å²) >= 11 is 6.97. The molecule has 0 unspecified atom stereocenters. The van der Waals surface area contributed by atoms with Crippen LogP contribution < -0.4 is 10.6 Å². The van der Waals surface area contributed by atoms with Crippen molar-refractivity contribution < 1.29 is 9.53 Å². The third kappa shape index (κ3) is 3.79. The smallest absolute Gasteiger partial charge is 0.341 e. The molecular formula is C16H24N2O2S2. The van der Waals surface area contributed by atoms with Crippen molar-refractivity contribution in [1.82, 2.24) is 5.32 Å². The van der Waals surface area contributed by atoms with Crippen LogP contribution in [0, 0.1) is 19.8 Å². The van der Waals surface area contributed by atoms with Crippen LogP contribution in [0.4, 0.5) is 5.00 Å². The van der Waals surface area contributed by atoms with Crippen LogP contribution in [0.5, 0.6) is 0 Å². The fourth-order valence-electron chi connectivity index (χ4n) is 2.90. The molecule has 2 atom stereocenters. The molecule has 1 aromatic heterocycles.